The maximum atomic E-state index is 12.9. The molecule has 0 amide bonds. The van der Waals surface area contributed by atoms with Crippen LogP contribution in [0.1, 0.15) is 329 Å². The van der Waals surface area contributed by atoms with Gasteiger partial charge in [-0.15, -0.1) is 0 Å². The van der Waals surface area contributed by atoms with E-state index in [1.807, 2.05) is 0 Å². The third kappa shape index (κ3) is 56.7. The number of ether oxygens (including phenoxy) is 3. The normalized spacial score (nSPS) is 12.3. The maximum Gasteiger partial charge on any atom is 0.306 e. The molecule has 5 heteroatoms. The van der Waals surface area contributed by atoms with E-state index < -0.39 is 6.10 Å². The zero-order valence-electron chi connectivity index (χ0n) is 46.1. The van der Waals surface area contributed by atoms with Crippen molar-refractivity contribution in [3.63, 3.8) is 0 Å². The number of allylic oxidation sites excluding steroid dienone is 6. The number of hydrogen-bond acceptors (Lipinski definition) is 5. The fourth-order valence-corrected chi connectivity index (χ4v) is 9.18. The SMILES string of the molecule is CC/C=C\C/C=C\C/C=C\CCCCCCCCCCOCC(COC(=O)CCCCCCCCCCCCCCCCCCCCC)OC(=O)CCCCCCCCCCCCCCCCC. The summed E-state index contributed by atoms with van der Waals surface area (Å²) in [4.78, 5) is 25.6. The lowest BCUT2D eigenvalue weighted by Gasteiger charge is -2.18. The van der Waals surface area contributed by atoms with Crippen LogP contribution >= 0.6 is 0 Å². The first-order valence-corrected chi connectivity index (χ1v) is 30.5. The summed E-state index contributed by atoms with van der Waals surface area (Å²) in [5, 5.41) is 0. The van der Waals surface area contributed by atoms with Crippen molar-refractivity contribution in [3.05, 3.63) is 36.5 Å². The lowest BCUT2D eigenvalue weighted by Crippen LogP contribution is -2.30. The highest BCUT2D eigenvalue weighted by Crippen LogP contribution is 2.17. The summed E-state index contributed by atoms with van der Waals surface area (Å²) in [7, 11) is 0. The molecule has 0 aromatic carbocycles. The minimum absolute atomic E-state index is 0.0896. The van der Waals surface area contributed by atoms with Gasteiger partial charge < -0.3 is 14.2 Å². The third-order valence-electron chi connectivity index (χ3n) is 13.7. The van der Waals surface area contributed by atoms with Gasteiger partial charge in [0.2, 0.25) is 0 Å². The Morgan fingerprint density at radius 1 is 0.338 bits per heavy atom. The van der Waals surface area contributed by atoms with E-state index in [1.165, 1.54) is 238 Å². The highest BCUT2D eigenvalue weighted by Gasteiger charge is 2.18. The fourth-order valence-electron chi connectivity index (χ4n) is 9.18. The summed E-state index contributed by atoms with van der Waals surface area (Å²) in [6.45, 7) is 7.78. The van der Waals surface area contributed by atoms with Gasteiger partial charge in [-0.3, -0.25) is 9.59 Å². The van der Waals surface area contributed by atoms with Gasteiger partial charge in [-0.25, -0.2) is 0 Å². The smallest absolute Gasteiger partial charge is 0.306 e. The highest BCUT2D eigenvalue weighted by molar-refractivity contribution is 5.70. The van der Waals surface area contributed by atoms with E-state index in [2.05, 4.69) is 57.2 Å². The number of esters is 2. The number of hydrogen-bond donors (Lipinski definition) is 0. The van der Waals surface area contributed by atoms with E-state index in [0.717, 1.165) is 57.8 Å². The summed E-state index contributed by atoms with van der Waals surface area (Å²) >= 11 is 0. The largest absolute Gasteiger partial charge is 0.462 e. The van der Waals surface area contributed by atoms with E-state index in [-0.39, 0.29) is 25.2 Å². The summed E-state index contributed by atoms with van der Waals surface area (Å²) in [6, 6.07) is 0. The van der Waals surface area contributed by atoms with Crippen LogP contribution in [0.25, 0.3) is 0 Å². The van der Waals surface area contributed by atoms with Crippen LogP contribution in [-0.2, 0) is 23.8 Å². The van der Waals surface area contributed by atoms with Crippen molar-refractivity contribution >= 4 is 11.9 Å². The molecule has 0 rings (SSSR count). The van der Waals surface area contributed by atoms with E-state index in [1.54, 1.807) is 0 Å². The minimum atomic E-state index is -0.535. The average Bonchev–Trinajstić information content (AvgIpc) is 3.34. The highest BCUT2D eigenvalue weighted by atomic mass is 16.6. The molecule has 0 fully saturated rings. The van der Waals surface area contributed by atoms with E-state index >= 15 is 0 Å². The molecule has 0 heterocycles. The van der Waals surface area contributed by atoms with Gasteiger partial charge in [-0.05, 0) is 51.4 Å². The molecule has 0 radical (unpaired) electrons. The summed E-state index contributed by atoms with van der Waals surface area (Å²) in [6.07, 6.45) is 73.2. The molecule has 0 aromatic heterocycles. The standard InChI is InChI=1S/C63H118O5/c1-4-7-10-13-16-19-22-25-28-30-32-33-36-38-41-44-47-50-53-56-62(64)67-60-61(68-63(65)57-54-51-48-45-42-39-35-27-24-21-18-15-12-9-6-3)59-66-58-55-52-49-46-43-40-37-34-31-29-26-23-20-17-14-11-8-5-2/h8,11,17,20,26,29,61H,4-7,9-10,12-16,18-19,21-25,27-28,30-60H2,1-3H3/b11-8-,20-17-,29-26-. The van der Waals surface area contributed by atoms with Crippen molar-refractivity contribution in [1.29, 1.82) is 0 Å². The van der Waals surface area contributed by atoms with Gasteiger partial charge in [0, 0.05) is 19.4 Å². The Bertz CT molecular complexity index is 1080. The Kier molecular flexibility index (Phi) is 57.8. The Hall–Kier alpha value is -1.88. The van der Waals surface area contributed by atoms with Gasteiger partial charge in [0.1, 0.15) is 6.61 Å². The molecule has 400 valence electrons. The molecule has 0 N–H and O–H groups in total. The molecule has 68 heavy (non-hydrogen) atoms. The van der Waals surface area contributed by atoms with Crippen molar-refractivity contribution < 1.29 is 23.8 Å². The molecule has 1 unspecified atom stereocenters. The van der Waals surface area contributed by atoms with Crippen molar-refractivity contribution in [2.45, 2.75) is 335 Å². The molecule has 0 aliphatic rings. The van der Waals surface area contributed by atoms with Crippen molar-refractivity contribution in [2.24, 2.45) is 0 Å². The molecule has 0 saturated heterocycles. The lowest BCUT2D eigenvalue weighted by atomic mass is 10.0. The van der Waals surface area contributed by atoms with Crippen LogP contribution in [0.15, 0.2) is 36.5 Å². The first-order chi connectivity index (χ1) is 33.6. The number of carbonyl (C=O) groups is 2. The summed E-state index contributed by atoms with van der Waals surface area (Å²) in [5.74, 6) is -0.377. The zero-order valence-corrected chi connectivity index (χ0v) is 46.1. The van der Waals surface area contributed by atoms with Crippen LogP contribution in [0.5, 0.6) is 0 Å². The van der Waals surface area contributed by atoms with Crippen molar-refractivity contribution in [3.8, 4) is 0 Å². The predicted molar refractivity (Wildman–Crippen MR) is 298 cm³/mol. The molecular formula is C63H118O5. The summed E-state index contributed by atoms with van der Waals surface area (Å²) in [5.41, 5.74) is 0. The molecule has 0 saturated carbocycles. The molecule has 1 atom stereocenters. The number of rotatable bonds is 57. The van der Waals surface area contributed by atoms with Crippen molar-refractivity contribution in [2.75, 3.05) is 19.8 Å². The zero-order chi connectivity index (χ0) is 49.2. The van der Waals surface area contributed by atoms with E-state index in [4.69, 9.17) is 14.2 Å². The van der Waals surface area contributed by atoms with Gasteiger partial charge in [-0.2, -0.15) is 0 Å². The van der Waals surface area contributed by atoms with Crippen LogP contribution in [0.3, 0.4) is 0 Å². The second kappa shape index (κ2) is 59.4. The van der Waals surface area contributed by atoms with Crippen LogP contribution in [0.4, 0.5) is 0 Å². The Balaban J connectivity index is 4.21. The Morgan fingerprint density at radius 3 is 1.06 bits per heavy atom. The van der Waals surface area contributed by atoms with Crippen LogP contribution in [0.2, 0.25) is 0 Å². The Morgan fingerprint density at radius 2 is 0.662 bits per heavy atom. The molecule has 0 aliphatic carbocycles. The molecule has 0 bridgehead atoms. The van der Waals surface area contributed by atoms with Crippen LogP contribution in [0, 0.1) is 0 Å². The van der Waals surface area contributed by atoms with Gasteiger partial charge in [0.25, 0.3) is 0 Å². The van der Waals surface area contributed by atoms with Gasteiger partial charge >= 0.3 is 11.9 Å². The quantitative estimate of drug-likeness (QED) is 0.0345. The second-order valence-electron chi connectivity index (χ2n) is 20.6. The van der Waals surface area contributed by atoms with Gasteiger partial charge in [-0.1, -0.05) is 301 Å². The van der Waals surface area contributed by atoms with Crippen LogP contribution in [-0.4, -0.2) is 37.9 Å². The number of carbonyl (C=O) groups excluding carboxylic acids is 2. The molecule has 0 aliphatic heterocycles. The second-order valence-corrected chi connectivity index (χ2v) is 20.6. The monoisotopic (exact) mass is 955 g/mol. The fraction of sp³-hybridized carbons (Fsp3) is 0.873. The molecule has 5 nitrogen and oxygen atoms in total. The topological polar surface area (TPSA) is 61.8 Å². The average molecular weight is 956 g/mol. The first kappa shape index (κ1) is 66.1. The first-order valence-electron chi connectivity index (χ1n) is 30.5. The van der Waals surface area contributed by atoms with Gasteiger partial charge in [0.15, 0.2) is 6.10 Å². The maximum absolute atomic E-state index is 12.9. The van der Waals surface area contributed by atoms with Gasteiger partial charge in [0.05, 0.1) is 6.61 Å². The summed E-state index contributed by atoms with van der Waals surface area (Å²) < 4.78 is 17.5. The van der Waals surface area contributed by atoms with E-state index in [9.17, 15) is 9.59 Å². The lowest BCUT2D eigenvalue weighted by molar-refractivity contribution is -0.163. The number of unbranched alkanes of at least 4 members (excludes halogenated alkanes) is 40. The molecule has 0 spiro atoms. The Labute approximate surface area is 425 Å². The third-order valence-corrected chi connectivity index (χ3v) is 13.7. The van der Waals surface area contributed by atoms with Crippen molar-refractivity contribution in [1.82, 2.24) is 0 Å². The predicted octanol–water partition coefficient (Wildman–Crippen LogP) is 20.9. The molecule has 0 aromatic rings. The van der Waals surface area contributed by atoms with E-state index in [0.29, 0.717) is 19.4 Å². The molecular weight excluding hydrogens is 837 g/mol. The minimum Gasteiger partial charge on any atom is -0.462 e. The van der Waals surface area contributed by atoms with Crippen LogP contribution < -0.4 is 0 Å².